The first-order valence-corrected chi connectivity index (χ1v) is 5.44. The number of rotatable bonds is 3. The first-order chi connectivity index (χ1) is 8.89. The first-order valence-electron chi connectivity index (χ1n) is 5.44. The van der Waals surface area contributed by atoms with Gasteiger partial charge in [0.05, 0.1) is 17.5 Å². The minimum absolute atomic E-state index is 0.0339. The minimum atomic E-state index is -4.44. The number of nitrogens with zero attached hydrogens (tertiary/aromatic N) is 2. The number of halogens is 3. The van der Waals surface area contributed by atoms with Crippen LogP contribution in [-0.2, 0) is 19.8 Å². The Morgan fingerprint density at radius 3 is 2.58 bits per heavy atom. The smallest absolute Gasteiger partial charge is 0.419 e. The lowest BCUT2D eigenvalue weighted by molar-refractivity contribution is -0.139. The Bertz CT molecular complexity index is 578. The van der Waals surface area contributed by atoms with Gasteiger partial charge in [-0.1, -0.05) is 12.1 Å². The summed E-state index contributed by atoms with van der Waals surface area (Å²) >= 11 is 0. The number of ether oxygens (including phenoxy) is 1. The van der Waals surface area contributed by atoms with E-state index < -0.39 is 11.7 Å². The third kappa shape index (κ3) is 2.81. The van der Waals surface area contributed by atoms with Crippen molar-refractivity contribution in [2.75, 3.05) is 5.73 Å². The minimum Gasteiger partial charge on any atom is -0.487 e. The number of benzene rings is 1. The van der Waals surface area contributed by atoms with Crippen LogP contribution >= 0.6 is 0 Å². The van der Waals surface area contributed by atoms with E-state index in [4.69, 9.17) is 10.5 Å². The summed E-state index contributed by atoms with van der Waals surface area (Å²) in [6.07, 6.45) is -2.98. The molecule has 0 aliphatic rings. The highest BCUT2D eigenvalue weighted by Gasteiger charge is 2.34. The molecular formula is C12H12F3N3O. The van der Waals surface area contributed by atoms with Crippen LogP contribution < -0.4 is 10.5 Å². The van der Waals surface area contributed by atoms with E-state index >= 15 is 0 Å². The number of hydrogen-bond acceptors (Lipinski definition) is 3. The predicted molar refractivity (Wildman–Crippen MR) is 63.4 cm³/mol. The lowest BCUT2D eigenvalue weighted by Crippen LogP contribution is -2.10. The maximum Gasteiger partial charge on any atom is 0.419 e. The van der Waals surface area contributed by atoms with Crippen LogP contribution in [0.15, 0.2) is 30.5 Å². The van der Waals surface area contributed by atoms with E-state index in [1.54, 1.807) is 11.6 Å². The summed E-state index contributed by atoms with van der Waals surface area (Å²) in [5.74, 6) is 0.0671. The fourth-order valence-corrected chi connectivity index (χ4v) is 1.57. The van der Waals surface area contributed by atoms with Crippen molar-refractivity contribution in [3.05, 3.63) is 41.7 Å². The molecule has 4 nitrogen and oxygen atoms in total. The number of imidazole rings is 1. The van der Waals surface area contributed by atoms with Gasteiger partial charge in [-0.3, -0.25) is 0 Å². The Balaban J connectivity index is 2.19. The Hall–Kier alpha value is -2.18. The molecule has 7 heteroatoms. The summed E-state index contributed by atoms with van der Waals surface area (Å²) in [5.41, 5.74) is 5.32. The van der Waals surface area contributed by atoms with Crippen LogP contribution in [0.2, 0.25) is 0 Å². The highest BCUT2D eigenvalue weighted by molar-refractivity contribution is 5.35. The predicted octanol–water partition coefficient (Wildman–Crippen LogP) is 2.60. The lowest BCUT2D eigenvalue weighted by atomic mass is 10.2. The van der Waals surface area contributed by atoms with Crippen LogP contribution in [0.4, 0.5) is 19.1 Å². The van der Waals surface area contributed by atoms with Gasteiger partial charge in [0.2, 0.25) is 0 Å². The molecule has 19 heavy (non-hydrogen) atoms. The summed E-state index contributed by atoms with van der Waals surface area (Å²) in [5, 5.41) is 0. The number of hydrogen-bond donors (Lipinski definition) is 1. The van der Waals surface area contributed by atoms with Crippen molar-refractivity contribution in [2.45, 2.75) is 12.8 Å². The summed E-state index contributed by atoms with van der Waals surface area (Å²) in [7, 11) is 1.66. The van der Waals surface area contributed by atoms with Gasteiger partial charge >= 0.3 is 6.18 Å². The first kappa shape index (κ1) is 13.3. The van der Waals surface area contributed by atoms with Gasteiger partial charge < -0.3 is 15.0 Å². The molecule has 2 aromatic rings. The zero-order valence-electron chi connectivity index (χ0n) is 10.1. The molecule has 102 valence electrons. The maximum absolute atomic E-state index is 12.7. The average Bonchev–Trinajstić information content (AvgIpc) is 2.67. The number of nitrogen functional groups attached to an aromatic ring is 1. The Labute approximate surface area is 107 Å². The molecule has 2 rings (SSSR count). The summed E-state index contributed by atoms with van der Waals surface area (Å²) in [4.78, 5) is 3.84. The quantitative estimate of drug-likeness (QED) is 0.933. The van der Waals surface area contributed by atoms with Crippen molar-refractivity contribution in [3.8, 4) is 5.75 Å². The largest absolute Gasteiger partial charge is 0.487 e. The summed E-state index contributed by atoms with van der Waals surface area (Å²) in [6, 6.07) is 5.06. The molecule has 1 aromatic carbocycles. The van der Waals surface area contributed by atoms with Crippen molar-refractivity contribution in [2.24, 2.45) is 7.05 Å². The summed E-state index contributed by atoms with van der Waals surface area (Å²) in [6.45, 7) is -0.0339. The third-order valence-electron chi connectivity index (χ3n) is 2.69. The van der Waals surface area contributed by atoms with E-state index in [1.807, 2.05) is 0 Å². The zero-order chi connectivity index (χ0) is 14.0. The van der Waals surface area contributed by atoms with Crippen molar-refractivity contribution in [3.63, 3.8) is 0 Å². The standard InChI is InChI=1S/C12H12F3N3O/c1-18-8(6-17-11(18)16)7-19-10-5-3-2-4-9(10)12(13,14)15/h2-6H,7H2,1H3,(H2,16,17). The van der Waals surface area contributed by atoms with Gasteiger partial charge in [-0.2, -0.15) is 13.2 Å². The molecule has 0 radical (unpaired) electrons. The molecule has 0 atom stereocenters. The lowest BCUT2D eigenvalue weighted by Gasteiger charge is -2.13. The van der Waals surface area contributed by atoms with Crippen LogP contribution in [0.1, 0.15) is 11.3 Å². The fraction of sp³-hybridized carbons (Fsp3) is 0.250. The molecule has 0 bridgehead atoms. The van der Waals surface area contributed by atoms with Crippen LogP contribution in [0.5, 0.6) is 5.75 Å². The average molecular weight is 271 g/mol. The molecule has 0 spiro atoms. The molecule has 0 fully saturated rings. The van der Waals surface area contributed by atoms with Crippen molar-refractivity contribution in [1.82, 2.24) is 9.55 Å². The van der Waals surface area contributed by atoms with Gasteiger partial charge in [-0.15, -0.1) is 0 Å². The van der Waals surface area contributed by atoms with E-state index in [-0.39, 0.29) is 18.3 Å². The second-order valence-corrected chi connectivity index (χ2v) is 3.95. The van der Waals surface area contributed by atoms with Gasteiger partial charge in [-0.05, 0) is 12.1 Å². The third-order valence-corrected chi connectivity index (χ3v) is 2.69. The van der Waals surface area contributed by atoms with E-state index in [2.05, 4.69) is 4.98 Å². The Kier molecular flexibility index (Phi) is 3.37. The van der Waals surface area contributed by atoms with Crippen LogP contribution in [0.25, 0.3) is 0 Å². The molecule has 2 N–H and O–H groups in total. The van der Waals surface area contributed by atoms with Gasteiger partial charge in [0.15, 0.2) is 5.95 Å². The molecule has 0 aliphatic heterocycles. The molecule has 0 amide bonds. The molecular weight excluding hydrogens is 259 g/mol. The van der Waals surface area contributed by atoms with Crippen molar-refractivity contribution >= 4 is 5.95 Å². The number of nitrogens with two attached hydrogens (primary N) is 1. The van der Waals surface area contributed by atoms with E-state index in [1.165, 1.54) is 24.4 Å². The van der Waals surface area contributed by atoms with Crippen molar-refractivity contribution in [1.29, 1.82) is 0 Å². The monoisotopic (exact) mass is 271 g/mol. The normalized spacial score (nSPS) is 11.6. The maximum atomic E-state index is 12.7. The topological polar surface area (TPSA) is 53.1 Å². The molecule has 1 heterocycles. The van der Waals surface area contributed by atoms with Crippen LogP contribution in [0, 0.1) is 0 Å². The SMILES string of the molecule is Cn1c(COc2ccccc2C(F)(F)F)cnc1N. The molecule has 0 aliphatic carbocycles. The van der Waals surface area contributed by atoms with E-state index in [0.29, 0.717) is 5.69 Å². The summed E-state index contributed by atoms with van der Waals surface area (Å²) < 4.78 is 45.0. The zero-order valence-corrected chi connectivity index (χ0v) is 10.1. The number of alkyl halides is 3. The highest BCUT2D eigenvalue weighted by atomic mass is 19.4. The highest BCUT2D eigenvalue weighted by Crippen LogP contribution is 2.36. The van der Waals surface area contributed by atoms with E-state index in [9.17, 15) is 13.2 Å². The van der Waals surface area contributed by atoms with Gasteiger partial charge in [0, 0.05) is 7.05 Å². The van der Waals surface area contributed by atoms with Crippen molar-refractivity contribution < 1.29 is 17.9 Å². The number of aromatic nitrogens is 2. The van der Waals surface area contributed by atoms with Gasteiger partial charge in [0.1, 0.15) is 12.4 Å². The van der Waals surface area contributed by atoms with Crippen LogP contribution in [0.3, 0.4) is 0 Å². The molecule has 0 unspecified atom stereocenters. The van der Waals surface area contributed by atoms with Gasteiger partial charge in [0.25, 0.3) is 0 Å². The van der Waals surface area contributed by atoms with Crippen LogP contribution in [-0.4, -0.2) is 9.55 Å². The number of anilines is 1. The second-order valence-electron chi connectivity index (χ2n) is 3.95. The Morgan fingerprint density at radius 1 is 1.32 bits per heavy atom. The molecule has 0 saturated carbocycles. The Morgan fingerprint density at radius 2 is 2.00 bits per heavy atom. The molecule has 0 saturated heterocycles. The number of para-hydroxylation sites is 1. The van der Waals surface area contributed by atoms with E-state index in [0.717, 1.165) is 6.07 Å². The molecule has 1 aromatic heterocycles. The fourth-order valence-electron chi connectivity index (χ4n) is 1.57. The van der Waals surface area contributed by atoms with Gasteiger partial charge in [-0.25, -0.2) is 4.98 Å². The second kappa shape index (κ2) is 4.83.